The Morgan fingerprint density at radius 1 is 0.667 bits per heavy atom. The maximum atomic E-state index is 13.3. The largest absolute Gasteiger partial charge is 0.465 e. The molecule has 2 aromatic carbocycles. The highest BCUT2D eigenvalue weighted by Crippen LogP contribution is 2.58. The van der Waals surface area contributed by atoms with Crippen molar-refractivity contribution in [3.8, 4) is 0 Å². The molecule has 0 spiro atoms. The Bertz CT molecular complexity index is 797. The number of esters is 2. The number of hydrogen-bond donors (Lipinski definition) is 0. The molecule has 0 unspecified atom stereocenters. The zero-order valence-electron chi connectivity index (χ0n) is 17.8. The summed E-state index contributed by atoms with van der Waals surface area (Å²) in [5.74, 6) is -2.02. The summed E-state index contributed by atoms with van der Waals surface area (Å²) in [5, 5.41) is 0. The van der Waals surface area contributed by atoms with Crippen LogP contribution in [0.2, 0.25) is 0 Å². The van der Waals surface area contributed by atoms with Crippen LogP contribution in [0.1, 0.15) is 73.6 Å². The number of unbranched alkanes of at least 4 members (excludes halogenated alkanes) is 2. The van der Waals surface area contributed by atoms with Crippen LogP contribution in [-0.2, 0) is 19.1 Å². The van der Waals surface area contributed by atoms with Crippen molar-refractivity contribution in [1.82, 2.24) is 0 Å². The Hall–Kier alpha value is -2.62. The van der Waals surface area contributed by atoms with Gasteiger partial charge in [0, 0.05) is 11.8 Å². The smallest absolute Gasteiger partial charge is 0.310 e. The first-order valence-corrected chi connectivity index (χ1v) is 11.2. The number of carbonyl (C=O) groups excluding carboxylic acids is 2. The van der Waals surface area contributed by atoms with E-state index in [4.69, 9.17) is 9.47 Å². The minimum absolute atomic E-state index is 0.180. The van der Waals surface area contributed by atoms with Crippen molar-refractivity contribution in [1.29, 1.82) is 0 Å². The van der Waals surface area contributed by atoms with Crippen molar-refractivity contribution in [3.05, 3.63) is 70.8 Å². The fourth-order valence-electron chi connectivity index (χ4n) is 5.07. The van der Waals surface area contributed by atoms with E-state index in [2.05, 4.69) is 38.1 Å². The summed E-state index contributed by atoms with van der Waals surface area (Å²) in [6, 6.07) is 16.4. The lowest BCUT2D eigenvalue weighted by Gasteiger charge is -2.48. The van der Waals surface area contributed by atoms with Crippen molar-refractivity contribution in [3.63, 3.8) is 0 Å². The second kappa shape index (κ2) is 9.03. The lowest BCUT2D eigenvalue weighted by Crippen LogP contribution is -2.48. The van der Waals surface area contributed by atoms with Gasteiger partial charge in [-0.05, 0) is 35.1 Å². The van der Waals surface area contributed by atoms with Gasteiger partial charge in [-0.2, -0.15) is 0 Å². The lowest BCUT2D eigenvalue weighted by molar-refractivity contribution is -0.163. The van der Waals surface area contributed by atoms with Gasteiger partial charge in [-0.3, -0.25) is 9.59 Å². The molecule has 5 rings (SSSR count). The molecule has 158 valence electrons. The highest BCUT2D eigenvalue weighted by molar-refractivity contribution is 5.88. The second-order valence-corrected chi connectivity index (χ2v) is 8.31. The van der Waals surface area contributed by atoms with Crippen molar-refractivity contribution >= 4 is 11.9 Å². The molecule has 3 aliphatic carbocycles. The van der Waals surface area contributed by atoms with Crippen LogP contribution in [0.15, 0.2) is 48.5 Å². The number of benzene rings is 2. The van der Waals surface area contributed by atoms with E-state index in [1.807, 2.05) is 24.3 Å². The fourth-order valence-corrected chi connectivity index (χ4v) is 5.07. The van der Waals surface area contributed by atoms with Gasteiger partial charge in [-0.25, -0.2) is 0 Å². The molecule has 2 atom stereocenters. The first kappa shape index (κ1) is 20.6. The number of rotatable bonds is 8. The van der Waals surface area contributed by atoms with Crippen LogP contribution in [0.3, 0.4) is 0 Å². The van der Waals surface area contributed by atoms with Gasteiger partial charge in [-0.15, -0.1) is 0 Å². The van der Waals surface area contributed by atoms with Crippen LogP contribution < -0.4 is 0 Å². The molecule has 4 nitrogen and oxygen atoms in total. The normalized spacial score (nSPS) is 23.4. The molecule has 0 heterocycles. The van der Waals surface area contributed by atoms with E-state index < -0.39 is 11.8 Å². The Labute approximate surface area is 178 Å². The standard InChI is InChI=1S/C26H30O4/c1-3-5-15-29-25(27)23-21-17-11-7-9-13-19(17)22(20-14-10-8-12-18(20)21)24(23)26(28)30-16-6-4-2/h7-14,21-24H,3-6,15-16H2,1-2H3/t21?,22?,23-,24-/m1/s1. The Morgan fingerprint density at radius 2 is 1.00 bits per heavy atom. The highest BCUT2D eigenvalue weighted by Gasteiger charge is 2.56. The molecule has 30 heavy (non-hydrogen) atoms. The fraction of sp³-hybridized carbons (Fsp3) is 0.462. The van der Waals surface area contributed by atoms with Gasteiger partial charge in [0.25, 0.3) is 0 Å². The zero-order chi connectivity index (χ0) is 21.1. The molecule has 0 N–H and O–H groups in total. The molecule has 4 heteroatoms. The van der Waals surface area contributed by atoms with Gasteiger partial charge in [0.05, 0.1) is 25.0 Å². The van der Waals surface area contributed by atoms with E-state index in [1.165, 1.54) is 0 Å². The van der Waals surface area contributed by atoms with E-state index in [-0.39, 0.29) is 23.8 Å². The third-order valence-corrected chi connectivity index (χ3v) is 6.47. The average Bonchev–Trinajstić information content (AvgIpc) is 2.78. The van der Waals surface area contributed by atoms with Crippen LogP contribution in [0.4, 0.5) is 0 Å². The summed E-state index contributed by atoms with van der Waals surface area (Å²) in [4.78, 5) is 26.6. The molecular formula is C26H30O4. The van der Waals surface area contributed by atoms with E-state index in [1.54, 1.807) is 0 Å². The molecular weight excluding hydrogens is 376 g/mol. The Kier molecular flexibility index (Phi) is 6.21. The number of fused-ring (bicyclic) bond motifs is 1. The third kappa shape index (κ3) is 3.53. The lowest BCUT2D eigenvalue weighted by atomic mass is 9.54. The highest BCUT2D eigenvalue weighted by atomic mass is 16.5. The summed E-state index contributed by atoms with van der Waals surface area (Å²) in [6.07, 6.45) is 3.56. The SMILES string of the molecule is CCCCOC(=O)[C@@H]1C2c3ccccc3C(c3ccccc32)[C@H]1C(=O)OCCCC. The minimum atomic E-state index is -0.550. The van der Waals surface area contributed by atoms with Gasteiger partial charge in [0.2, 0.25) is 0 Å². The number of hydrogen-bond acceptors (Lipinski definition) is 4. The Balaban J connectivity index is 1.78. The minimum Gasteiger partial charge on any atom is -0.465 e. The van der Waals surface area contributed by atoms with Gasteiger partial charge >= 0.3 is 11.9 Å². The molecule has 0 aromatic heterocycles. The maximum absolute atomic E-state index is 13.3. The number of ether oxygens (including phenoxy) is 2. The molecule has 2 bridgehead atoms. The average molecular weight is 407 g/mol. The van der Waals surface area contributed by atoms with E-state index >= 15 is 0 Å². The van der Waals surface area contributed by atoms with Gasteiger partial charge in [0.1, 0.15) is 0 Å². The maximum Gasteiger partial charge on any atom is 0.310 e. The van der Waals surface area contributed by atoms with E-state index in [0.717, 1.165) is 47.9 Å². The molecule has 0 saturated heterocycles. The first-order chi connectivity index (χ1) is 14.7. The zero-order valence-corrected chi connectivity index (χ0v) is 17.8. The summed E-state index contributed by atoms with van der Waals surface area (Å²) in [5.41, 5.74) is 4.54. The molecule has 0 radical (unpaired) electrons. The predicted molar refractivity (Wildman–Crippen MR) is 115 cm³/mol. The van der Waals surface area contributed by atoms with Gasteiger partial charge in [0.15, 0.2) is 0 Å². The third-order valence-electron chi connectivity index (χ3n) is 6.47. The molecule has 0 amide bonds. The van der Waals surface area contributed by atoms with Crippen molar-refractivity contribution < 1.29 is 19.1 Å². The van der Waals surface area contributed by atoms with Crippen LogP contribution in [-0.4, -0.2) is 25.2 Å². The van der Waals surface area contributed by atoms with Crippen molar-refractivity contribution in [2.75, 3.05) is 13.2 Å². The van der Waals surface area contributed by atoms with Crippen LogP contribution in [0, 0.1) is 11.8 Å². The quantitative estimate of drug-likeness (QED) is 0.447. The monoisotopic (exact) mass is 406 g/mol. The summed E-state index contributed by atoms with van der Waals surface area (Å²) in [7, 11) is 0. The second-order valence-electron chi connectivity index (χ2n) is 8.31. The van der Waals surface area contributed by atoms with Crippen LogP contribution in [0.5, 0.6) is 0 Å². The molecule has 0 saturated carbocycles. The van der Waals surface area contributed by atoms with Crippen molar-refractivity contribution in [2.45, 2.75) is 51.4 Å². The molecule has 0 aliphatic heterocycles. The molecule has 2 aromatic rings. The van der Waals surface area contributed by atoms with Crippen LogP contribution >= 0.6 is 0 Å². The summed E-state index contributed by atoms with van der Waals surface area (Å²) >= 11 is 0. The predicted octanol–water partition coefficient (Wildman–Crippen LogP) is 5.20. The summed E-state index contributed by atoms with van der Waals surface area (Å²) in [6.45, 7) is 4.92. The molecule has 0 fully saturated rings. The Morgan fingerprint density at radius 3 is 1.30 bits per heavy atom. The number of carbonyl (C=O) groups is 2. The summed E-state index contributed by atoms with van der Waals surface area (Å²) < 4.78 is 11.3. The van der Waals surface area contributed by atoms with Crippen LogP contribution in [0.25, 0.3) is 0 Å². The molecule has 3 aliphatic rings. The van der Waals surface area contributed by atoms with Crippen molar-refractivity contribution in [2.24, 2.45) is 11.8 Å². The van der Waals surface area contributed by atoms with E-state index in [9.17, 15) is 9.59 Å². The van der Waals surface area contributed by atoms with Gasteiger partial charge in [-0.1, -0.05) is 75.2 Å². The van der Waals surface area contributed by atoms with Gasteiger partial charge < -0.3 is 9.47 Å². The van der Waals surface area contributed by atoms with E-state index in [0.29, 0.717) is 13.2 Å². The first-order valence-electron chi connectivity index (χ1n) is 11.2. The topological polar surface area (TPSA) is 52.6 Å².